The quantitative estimate of drug-likeness (QED) is 0.739. The van der Waals surface area contributed by atoms with Crippen LogP contribution < -0.4 is 4.72 Å². The van der Waals surface area contributed by atoms with Crippen LogP contribution in [-0.2, 0) is 14.9 Å². The monoisotopic (exact) mass is 284 g/mol. The Hall–Kier alpha value is 0.120. The predicted molar refractivity (Wildman–Crippen MR) is 68.5 cm³/mol. The lowest BCUT2D eigenvalue weighted by Crippen LogP contribution is -2.50. The summed E-state index contributed by atoms with van der Waals surface area (Å²) in [5, 5.41) is 0. The number of piperidine rings is 1. The number of nitrogens with one attached hydrogen (secondary N) is 1. The van der Waals surface area contributed by atoms with Gasteiger partial charge in [-0.1, -0.05) is 6.42 Å². The predicted octanol–water partition coefficient (Wildman–Crippen LogP) is 0.949. The molecule has 1 heterocycles. The molecule has 0 aromatic rings. The summed E-state index contributed by atoms with van der Waals surface area (Å²) in [6.07, 6.45) is 2.64. The second kappa shape index (κ2) is 6.89. The highest BCUT2D eigenvalue weighted by molar-refractivity contribution is 7.87. The van der Waals surface area contributed by atoms with Gasteiger partial charge in [0.25, 0.3) is 10.2 Å². The van der Waals surface area contributed by atoms with Gasteiger partial charge in [0.1, 0.15) is 0 Å². The van der Waals surface area contributed by atoms with E-state index >= 15 is 0 Å². The van der Waals surface area contributed by atoms with Crippen LogP contribution in [0.15, 0.2) is 0 Å². The van der Waals surface area contributed by atoms with Crippen LogP contribution in [0.2, 0.25) is 0 Å². The first-order chi connectivity index (χ1) is 8.01. The third-order valence-corrected chi connectivity index (χ3v) is 5.00. The van der Waals surface area contributed by atoms with Crippen LogP contribution in [0.25, 0.3) is 0 Å². The largest absolute Gasteiger partial charge is 0.380 e. The van der Waals surface area contributed by atoms with Gasteiger partial charge in [0.2, 0.25) is 0 Å². The number of rotatable bonds is 6. The highest BCUT2D eigenvalue weighted by atomic mass is 35.5. The van der Waals surface area contributed by atoms with Crippen molar-refractivity contribution in [1.29, 1.82) is 0 Å². The molecule has 2 unspecified atom stereocenters. The molecule has 0 aromatic carbocycles. The molecule has 1 rings (SSSR count). The van der Waals surface area contributed by atoms with Gasteiger partial charge in [0, 0.05) is 32.1 Å². The maximum Gasteiger partial charge on any atom is 0.279 e. The highest BCUT2D eigenvalue weighted by Crippen LogP contribution is 2.20. The lowest BCUT2D eigenvalue weighted by atomic mass is 10.1. The first-order valence-corrected chi connectivity index (χ1v) is 7.84. The van der Waals surface area contributed by atoms with Crippen molar-refractivity contribution in [2.24, 2.45) is 0 Å². The smallest absolute Gasteiger partial charge is 0.279 e. The van der Waals surface area contributed by atoms with Gasteiger partial charge in [-0.25, -0.2) is 0 Å². The van der Waals surface area contributed by atoms with Crippen LogP contribution >= 0.6 is 11.6 Å². The Bertz CT molecular complexity index is 324. The molecule has 0 aromatic heterocycles. The van der Waals surface area contributed by atoms with Crippen molar-refractivity contribution in [3.8, 4) is 0 Å². The van der Waals surface area contributed by atoms with Crippen molar-refractivity contribution < 1.29 is 13.2 Å². The zero-order valence-electron chi connectivity index (χ0n) is 10.4. The minimum Gasteiger partial charge on any atom is -0.380 e. The van der Waals surface area contributed by atoms with E-state index in [4.69, 9.17) is 16.3 Å². The molecule has 0 radical (unpaired) electrons. The fourth-order valence-electron chi connectivity index (χ4n) is 1.83. The van der Waals surface area contributed by atoms with Gasteiger partial charge >= 0.3 is 0 Å². The lowest BCUT2D eigenvalue weighted by Gasteiger charge is -2.33. The van der Waals surface area contributed by atoms with E-state index in [9.17, 15) is 8.42 Å². The normalized spacial score (nSPS) is 24.8. The van der Waals surface area contributed by atoms with Gasteiger partial charge in [-0.15, -0.1) is 11.6 Å². The van der Waals surface area contributed by atoms with Crippen LogP contribution in [0.3, 0.4) is 0 Å². The van der Waals surface area contributed by atoms with Gasteiger partial charge in [-0.05, 0) is 19.8 Å². The highest BCUT2D eigenvalue weighted by Gasteiger charge is 2.31. The molecule has 0 aliphatic carbocycles. The van der Waals surface area contributed by atoms with Gasteiger partial charge in [-0.2, -0.15) is 17.4 Å². The minimum atomic E-state index is -3.43. The van der Waals surface area contributed by atoms with Crippen LogP contribution in [0.1, 0.15) is 26.2 Å². The van der Waals surface area contributed by atoms with E-state index in [0.717, 1.165) is 19.3 Å². The average Bonchev–Trinajstić information content (AvgIpc) is 2.35. The Balaban J connectivity index is 2.61. The van der Waals surface area contributed by atoms with Crippen molar-refractivity contribution in [2.75, 3.05) is 26.1 Å². The number of methoxy groups -OCH3 is 1. The zero-order chi connectivity index (χ0) is 12.9. The van der Waals surface area contributed by atoms with E-state index in [-0.39, 0.29) is 18.7 Å². The molecule has 1 fully saturated rings. The van der Waals surface area contributed by atoms with Crippen molar-refractivity contribution in [2.45, 2.75) is 38.3 Å². The van der Waals surface area contributed by atoms with Crippen molar-refractivity contribution in [3.05, 3.63) is 0 Å². The molecule has 1 aliphatic rings. The third kappa shape index (κ3) is 4.37. The molecule has 1 N–H and O–H groups in total. The summed E-state index contributed by atoms with van der Waals surface area (Å²) >= 11 is 5.81. The first kappa shape index (κ1) is 15.2. The number of ether oxygens (including phenoxy) is 1. The number of nitrogens with zero attached hydrogens (tertiary/aromatic N) is 1. The van der Waals surface area contributed by atoms with Crippen LogP contribution in [0, 0.1) is 0 Å². The molecule has 0 amide bonds. The Labute approximate surface area is 109 Å². The first-order valence-electron chi connectivity index (χ1n) is 5.86. The Morgan fingerprint density at radius 3 is 2.82 bits per heavy atom. The van der Waals surface area contributed by atoms with E-state index in [1.165, 1.54) is 4.31 Å². The number of hydrogen-bond donors (Lipinski definition) is 1. The van der Waals surface area contributed by atoms with Gasteiger partial charge in [-0.3, -0.25) is 0 Å². The van der Waals surface area contributed by atoms with Gasteiger partial charge < -0.3 is 4.74 Å². The molecule has 7 heteroatoms. The zero-order valence-corrected chi connectivity index (χ0v) is 11.9. The van der Waals surface area contributed by atoms with Crippen LogP contribution in [0.4, 0.5) is 0 Å². The summed E-state index contributed by atoms with van der Waals surface area (Å²) in [5.74, 6) is 0.348. The lowest BCUT2D eigenvalue weighted by molar-refractivity contribution is 0.121. The van der Waals surface area contributed by atoms with Crippen molar-refractivity contribution in [3.63, 3.8) is 0 Å². The summed E-state index contributed by atoms with van der Waals surface area (Å²) < 4.78 is 33.2. The summed E-state index contributed by atoms with van der Waals surface area (Å²) in [6.45, 7) is 2.65. The number of halogens is 1. The molecule has 102 valence electrons. The summed E-state index contributed by atoms with van der Waals surface area (Å²) in [6, 6.07) is -0.0826. The molecular weight excluding hydrogens is 264 g/mol. The molecule has 5 nitrogen and oxygen atoms in total. The number of alkyl halides is 1. The fraction of sp³-hybridized carbons (Fsp3) is 1.00. The Kier molecular flexibility index (Phi) is 6.16. The van der Waals surface area contributed by atoms with Gasteiger partial charge in [0.05, 0.1) is 6.10 Å². The number of hydrogen-bond acceptors (Lipinski definition) is 3. The van der Waals surface area contributed by atoms with E-state index < -0.39 is 10.2 Å². The van der Waals surface area contributed by atoms with Crippen LogP contribution in [0.5, 0.6) is 0 Å². The molecule has 17 heavy (non-hydrogen) atoms. The molecule has 1 aliphatic heterocycles. The molecule has 0 spiro atoms. The SMILES string of the molecule is COC(C)CNS(=O)(=O)N1CCCCC1CCl. The summed E-state index contributed by atoms with van der Waals surface area (Å²) in [7, 11) is -1.87. The third-order valence-electron chi connectivity index (χ3n) is 3.02. The molecule has 0 saturated carbocycles. The van der Waals surface area contributed by atoms with Gasteiger partial charge in [0.15, 0.2) is 0 Å². The van der Waals surface area contributed by atoms with Crippen molar-refractivity contribution in [1.82, 2.24) is 9.03 Å². The molecular formula is C10H21ClN2O3S. The summed E-state index contributed by atoms with van der Waals surface area (Å²) in [5.41, 5.74) is 0. The average molecular weight is 285 g/mol. The Morgan fingerprint density at radius 1 is 1.53 bits per heavy atom. The minimum absolute atomic E-state index is 0.0826. The van der Waals surface area contributed by atoms with E-state index in [2.05, 4.69) is 4.72 Å². The molecule has 2 atom stereocenters. The van der Waals surface area contributed by atoms with E-state index in [1.807, 2.05) is 6.92 Å². The van der Waals surface area contributed by atoms with E-state index in [1.54, 1.807) is 7.11 Å². The topological polar surface area (TPSA) is 58.6 Å². The molecule has 1 saturated heterocycles. The second-order valence-corrected chi connectivity index (χ2v) is 6.33. The fourth-order valence-corrected chi connectivity index (χ4v) is 3.79. The van der Waals surface area contributed by atoms with E-state index in [0.29, 0.717) is 12.4 Å². The maximum atomic E-state index is 12.1. The summed E-state index contributed by atoms with van der Waals surface area (Å²) in [4.78, 5) is 0. The van der Waals surface area contributed by atoms with Crippen molar-refractivity contribution >= 4 is 21.8 Å². The maximum absolute atomic E-state index is 12.1. The molecule has 0 bridgehead atoms. The van der Waals surface area contributed by atoms with Crippen LogP contribution in [-0.4, -0.2) is 50.9 Å². The second-order valence-electron chi connectivity index (χ2n) is 4.31. The Morgan fingerprint density at radius 2 is 2.24 bits per heavy atom. The standard InChI is InChI=1S/C10H21ClN2O3S/c1-9(16-2)8-12-17(14,15)13-6-4-3-5-10(13)7-11/h9-10,12H,3-8H2,1-2H3.